The number of nitro benzene ring substituents is 1. The quantitative estimate of drug-likeness (QED) is 0.356. The van der Waals surface area contributed by atoms with E-state index >= 15 is 0 Å². The fourth-order valence-corrected chi connectivity index (χ4v) is 2.35. The molecule has 1 aromatic carbocycles. The second-order valence-corrected chi connectivity index (χ2v) is 4.85. The Morgan fingerprint density at radius 1 is 1.63 bits per heavy atom. The summed E-state index contributed by atoms with van der Waals surface area (Å²) in [6, 6.07) is 6.11. The Morgan fingerprint density at radius 3 is 2.84 bits per heavy atom. The lowest BCUT2D eigenvalue weighted by Gasteiger charge is -2.08. The number of esters is 1. The molecule has 0 aromatic heterocycles. The molecule has 7 heteroatoms. The molecule has 1 aromatic rings. The zero-order valence-electron chi connectivity index (χ0n) is 10.5. The van der Waals surface area contributed by atoms with Crippen molar-refractivity contribution in [3.05, 3.63) is 33.9 Å². The van der Waals surface area contributed by atoms with Crippen LogP contribution in [0.2, 0.25) is 0 Å². The van der Waals surface area contributed by atoms with Crippen LogP contribution in [0, 0.1) is 27.4 Å². The number of hydrogen-bond acceptors (Lipinski definition) is 6. The molecule has 1 unspecified atom stereocenters. The van der Waals surface area contributed by atoms with Gasteiger partial charge in [0.1, 0.15) is 0 Å². The van der Waals surface area contributed by atoms with E-state index in [0.717, 1.165) is 0 Å². The highest BCUT2D eigenvalue weighted by atomic mass is 32.2. The number of ether oxygens (including phenoxy) is 1. The maximum atomic E-state index is 11.2. The Balaban J connectivity index is 2.87. The SMILES string of the molecule is COC(=O)C(C)CSc1ccc(C#N)cc1[N+](=O)[O-]. The third-order valence-electron chi connectivity index (χ3n) is 2.38. The molecule has 0 radical (unpaired) electrons. The number of hydrogen-bond donors (Lipinski definition) is 0. The Hall–Kier alpha value is -2.07. The molecule has 100 valence electrons. The van der Waals surface area contributed by atoms with E-state index in [0.29, 0.717) is 10.6 Å². The van der Waals surface area contributed by atoms with Gasteiger partial charge >= 0.3 is 5.97 Å². The second kappa shape index (κ2) is 6.75. The first-order chi connectivity index (χ1) is 8.99. The first kappa shape index (κ1) is 15.0. The van der Waals surface area contributed by atoms with Gasteiger partial charge < -0.3 is 4.74 Å². The minimum absolute atomic E-state index is 0.124. The summed E-state index contributed by atoms with van der Waals surface area (Å²) in [6.07, 6.45) is 0. The fraction of sp³-hybridized carbons (Fsp3) is 0.333. The van der Waals surface area contributed by atoms with Crippen LogP contribution in [0.15, 0.2) is 23.1 Å². The van der Waals surface area contributed by atoms with Crippen LogP contribution in [-0.4, -0.2) is 23.8 Å². The molecule has 1 rings (SSSR count). The Bertz CT molecular complexity index is 539. The van der Waals surface area contributed by atoms with E-state index in [2.05, 4.69) is 4.74 Å². The van der Waals surface area contributed by atoms with Crippen LogP contribution in [0.3, 0.4) is 0 Å². The lowest BCUT2D eigenvalue weighted by molar-refractivity contribution is -0.387. The largest absolute Gasteiger partial charge is 0.469 e. The summed E-state index contributed by atoms with van der Waals surface area (Å²) in [6.45, 7) is 1.69. The minimum atomic E-state index is -0.536. The van der Waals surface area contributed by atoms with Crippen LogP contribution in [0.25, 0.3) is 0 Å². The standard InChI is InChI=1S/C12H12N2O4S/c1-8(12(15)18-2)7-19-11-4-3-9(6-13)5-10(11)14(16)17/h3-5,8H,7H2,1-2H3. The molecule has 0 aliphatic heterocycles. The lowest BCUT2D eigenvalue weighted by atomic mass is 10.2. The van der Waals surface area contributed by atoms with Gasteiger partial charge in [0.2, 0.25) is 0 Å². The van der Waals surface area contributed by atoms with Crippen molar-refractivity contribution in [3.63, 3.8) is 0 Å². The number of nitrogens with zero attached hydrogens (tertiary/aromatic N) is 2. The summed E-state index contributed by atoms with van der Waals surface area (Å²) in [5.74, 6) is -0.339. The van der Waals surface area contributed by atoms with Gasteiger partial charge in [0.05, 0.1) is 34.5 Å². The molecule has 0 aliphatic rings. The summed E-state index contributed by atoms with van der Waals surface area (Å²) < 4.78 is 4.59. The van der Waals surface area contributed by atoms with Gasteiger partial charge in [-0.2, -0.15) is 5.26 Å². The number of carbonyl (C=O) groups is 1. The van der Waals surface area contributed by atoms with Gasteiger partial charge in [-0.25, -0.2) is 0 Å². The van der Waals surface area contributed by atoms with Crippen molar-refractivity contribution in [2.24, 2.45) is 5.92 Å². The highest BCUT2D eigenvalue weighted by Crippen LogP contribution is 2.31. The first-order valence-electron chi connectivity index (χ1n) is 5.38. The molecule has 0 aliphatic carbocycles. The lowest BCUT2D eigenvalue weighted by Crippen LogP contribution is -2.14. The number of thioether (sulfide) groups is 1. The molecular formula is C12H12N2O4S. The average Bonchev–Trinajstić information content (AvgIpc) is 2.43. The fourth-order valence-electron chi connectivity index (χ4n) is 1.34. The van der Waals surface area contributed by atoms with Crippen LogP contribution >= 0.6 is 11.8 Å². The number of carbonyl (C=O) groups excluding carboxylic acids is 1. The third-order valence-corrected chi connectivity index (χ3v) is 3.70. The number of rotatable bonds is 5. The highest BCUT2D eigenvalue weighted by molar-refractivity contribution is 7.99. The van der Waals surface area contributed by atoms with E-state index in [-0.39, 0.29) is 23.1 Å². The van der Waals surface area contributed by atoms with Gasteiger partial charge in [-0.15, -0.1) is 11.8 Å². The molecule has 1 atom stereocenters. The van der Waals surface area contributed by atoms with E-state index < -0.39 is 4.92 Å². The smallest absolute Gasteiger partial charge is 0.309 e. The summed E-state index contributed by atoms with van der Waals surface area (Å²) in [4.78, 5) is 22.1. The molecule has 0 saturated carbocycles. The Kier molecular flexibility index (Phi) is 5.33. The summed E-state index contributed by atoms with van der Waals surface area (Å²) in [7, 11) is 1.30. The van der Waals surface area contributed by atoms with Gasteiger partial charge in [0.15, 0.2) is 0 Å². The molecule has 0 saturated heterocycles. The molecule has 0 N–H and O–H groups in total. The number of methoxy groups -OCH3 is 1. The van der Waals surface area contributed by atoms with Gasteiger partial charge in [-0.1, -0.05) is 6.92 Å². The molecule has 0 spiro atoms. The van der Waals surface area contributed by atoms with Crippen molar-refractivity contribution in [3.8, 4) is 6.07 Å². The van der Waals surface area contributed by atoms with Gasteiger partial charge in [-0.3, -0.25) is 14.9 Å². The zero-order chi connectivity index (χ0) is 14.4. The first-order valence-corrected chi connectivity index (χ1v) is 6.37. The van der Waals surface area contributed by atoms with Gasteiger partial charge in [0.25, 0.3) is 5.69 Å². The monoisotopic (exact) mass is 280 g/mol. The predicted molar refractivity (Wildman–Crippen MR) is 69.7 cm³/mol. The van der Waals surface area contributed by atoms with Crippen molar-refractivity contribution >= 4 is 23.4 Å². The molecule has 0 fully saturated rings. The Morgan fingerprint density at radius 2 is 2.32 bits per heavy atom. The molecule has 0 bridgehead atoms. The minimum Gasteiger partial charge on any atom is -0.469 e. The predicted octanol–water partition coefficient (Wildman–Crippen LogP) is 2.37. The maximum absolute atomic E-state index is 11.2. The normalized spacial score (nSPS) is 11.4. The summed E-state index contributed by atoms with van der Waals surface area (Å²) in [5, 5.41) is 19.6. The number of benzene rings is 1. The molecule has 0 amide bonds. The van der Waals surface area contributed by atoms with E-state index in [9.17, 15) is 14.9 Å². The molecule has 19 heavy (non-hydrogen) atoms. The van der Waals surface area contributed by atoms with E-state index in [1.165, 1.54) is 37.1 Å². The summed E-state index contributed by atoms with van der Waals surface area (Å²) >= 11 is 1.19. The third kappa shape index (κ3) is 3.96. The second-order valence-electron chi connectivity index (χ2n) is 3.79. The average molecular weight is 280 g/mol. The van der Waals surface area contributed by atoms with Crippen LogP contribution in [-0.2, 0) is 9.53 Å². The zero-order valence-corrected chi connectivity index (χ0v) is 11.3. The molecule has 6 nitrogen and oxygen atoms in total. The van der Waals surface area contributed by atoms with Crippen molar-refractivity contribution < 1.29 is 14.5 Å². The number of nitro groups is 1. The molecule has 0 heterocycles. The van der Waals surface area contributed by atoms with Crippen LogP contribution in [0.4, 0.5) is 5.69 Å². The van der Waals surface area contributed by atoms with Crippen LogP contribution < -0.4 is 0 Å². The molecular weight excluding hydrogens is 268 g/mol. The van der Waals surface area contributed by atoms with Crippen molar-refractivity contribution in [2.45, 2.75) is 11.8 Å². The van der Waals surface area contributed by atoms with E-state index in [4.69, 9.17) is 5.26 Å². The number of nitriles is 1. The van der Waals surface area contributed by atoms with Gasteiger partial charge in [0, 0.05) is 11.8 Å². The van der Waals surface area contributed by atoms with E-state index in [1.54, 1.807) is 6.92 Å². The van der Waals surface area contributed by atoms with Crippen LogP contribution in [0.5, 0.6) is 0 Å². The van der Waals surface area contributed by atoms with E-state index in [1.807, 2.05) is 6.07 Å². The van der Waals surface area contributed by atoms with Crippen molar-refractivity contribution in [2.75, 3.05) is 12.9 Å². The van der Waals surface area contributed by atoms with Crippen molar-refractivity contribution in [1.29, 1.82) is 5.26 Å². The van der Waals surface area contributed by atoms with Crippen molar-refractivity contribution in [1.82, 2.24) is 0 Å². The topological polar surface area (TPSA) is 93.2 Å². The maximum Gasteiger partial charge on any atom is 0.309 e. The Labute approximate surface area is 114 Å². The van der Waals surface area contributed by atoms with Crippen LogP contribution in [0.1, 0.15) is 12.5 Å². The summed E-state index contributed by atoms with van der Waals surface area (Å²) in [5.41, 5.74) is 0.109. The van der Waals surface area contributed by atoms with Gasteiger partial charge in [-0.05, 0) is 12.1 Å². The highest BCUT2D eigenvalue weighted by Gasteiger charge is 2.19.